The molecule has 2 rings (SSSR count). The molecule has 0 unspecified atom stereocenters. The lowest BCUT2D eigenvalue weighted by Crippen LogP contribution is -2.16. The highest BCUT2D eigenvalue weighted by Crippen LogP contribution is 2.24. The molecule has 0 aromatic heterocycles. The smallest absolute Gasteiger partial charge is 0.119 e. The van der Waals surface area contributed by atoms with Crippen LogP contribution in [0, 0.1) is 0 Å². The number of ether oxygens (including phenoxy) is 1. The van der Waals surface area contributed by atoms with Crippen LogP contribution in [0.2, 0.25) is 5.02 Å². The van der Waals surface area contributed by atoms with E-state index in [9.17, 15) is 0 Å². The van der Waals surface area contributed by atoms with Gasteiger partial charge in [0.2, 0.25) is 0 Å². The molecule has 0 spiro atoms. The molecule has 106 valence electrons. The number of methoxy groups -OCH3 is 1. The maximum atomic E-state index is 6.20. The third kappa shape index (κ3) is 3.44. The summed E-state index contributed by atoms with van der Waals surface area (Å²) in [5.74, 6) is 0.868. The summed E-state index contributed by atoms with van der Waals surface area (Å²) in [4.78, 5) is 2.14. The molecule has 4 heteroatoms. The highest BCUT2D eigenvalue weighted by Gasteiger charge is 2.06. The van der Waals surface area contributed by atoms with E-state index >= 15 is 0 Å². The predicted octanol–water partition coefficient (Wildman–Crippen LogP) is 3.44. The average molecular weight is 291 g/mol. The summed E-state index contributed by atoms with van der Waals surface area (Å²) in [5.41, 5.74) is 8.83. The van der Waals surface area contributed by atoms with Crippen molar-refractivity contribution in [2.45, 2.75) is 13.1 Å². The van der Waals surface area contributed by atoms with Gasteiger partial charge in [0.25, 0.3) is 0 Å². The minimum absolute atomic E-state index is 0.457. The zero-order valence-electron chi connectivity index (χ0n) is 11.8. The first kappa shape index (κ1) is 14.7. The number of anilines is 1. The molecule has 2 N–H and O–H groups in total. The number of nitrogens with zero attached hydrogens (tertiary/aromatic N) is 1. The van der Waals surface area contributed by atoms with Crippen LogP contribution in [0.4, 0.5) is 5.69 Å². The van der Waals surface area contributed by atoms with Gasteiger partial charge < -0.3 is 15.4 Å². The van der Waals surface area contributed by atoms with Crippen LogP contribution in [0.15, 0.2) is 42.5 Å². The molecule has 0 saturated heterocycles. The van der Waals surface area contributed by atoms with Crippen LogP contribution in [-0.4, -0.2) is 14.2 Å². The van der Waals surface area contributed by atoms with Gasteiger partial charge in [-0.3, -0.25) is 0 Å². The number of benzene rings is 2. The number of nitrogens with two attached hydrogens (primary N) is 1. The van der Waals surface area contributed by atoms with Crippen LogP contribution in [0.3, 0.4) is 0 Å². The van der Waals surface area contributed by atoms with Crippen molar-refractivity contribution < 1.29 is 4.74 Å². The highest BCUT2D eigenvalue weighted by molar-refractivity contribution is 6.31. The largest absolute Gasteiger partial charge is 0.497 e. The summed E-state index contributed by atoms with van der Waals surface area (Å²) in [6, 6.07) is 14.0. The highest BCUT2D eigenvalue weighted by atomic mass is 35.5. The lowest BCUT2D eigenvalue weighted by atomic mass is 10.1. The van der Waals surface area contributed by atoms with Crippen molar-refractivity contribution in [3.63, 3.8) is 0 Å². The van der Waals surface area contributed by atoms with Crippen LogP contribution >= 0.6 is 11.6 Å². The van der Waals surface area contributed by atoms with E-state index in [4.69, 9.17) is 22.1 Å². The van der Waals surface area contributed by atoms with Crippen LogP contribution in [0.25, 0.3) is 0 Å². The SMILES string of the molecule is COc1cccc(CN(C)c2ccc(CN)c(Cl)c2)c1. The molecule has 2 aromatic carbocycles. The number of halogens is 1. The Hall–Kier alpha value is -1.71. The van der Waals surface area contributed by atoms with Crippen molar-refractivity contribution in [2.75, 3.05) is 19.1 Å². The molecule has 0 atom stereocenters. The Bertz CT molecular complexity index is 586. The number of hydrogen-bond donors (Lipinski definition) is 1. The molecule has 0 saturated carbocycles. The molecule has 0 aliphatic carbocycles. The zero-order chi connectivity index (χ0) is 14.5. The molecule has 0 amide bonds. The van der Waals surface area contributed by atoms with E-state index in [2.05, 4.69) is 11.0 Å². The number of rotatable bonds is 5. The fourth-order valence-corrected chi connectivity index (χ4v) is 2.33. The Morgan fingerprint density at radius 3 is 2.65 bits per heavy atom. The van der Waals surface area contributed by atoms with Crippen molar-refractivity contribution in [1.29, 1.82) is 0 Å². The fourth-order valence-electron chi connectivity index (χ4n) is 2.08. The first-order chi connectivity index (χ1) is 9.63. The summed E-state index contributed by atoms with van der Waals surface area (Å²) in [6.07, 6.45) is 0. The molecule has 0 heterocycles. The summed E-state index contributed by atoms with van der Waals surface area (Å²) in [6.45, 7) is 1.24. The Labute approximate surface area is 124 Å². The maximum Gasteiger partial charge on any atom is 0.119 e. The second-order valence-electron chi connectivity index (χ2n) is 4.69. The van der Waals surface area contributed by atoms with Crippen LogP contribution in [-0.2, 0) is 13.1 Å². The third-order valence-corrected chi connectivity index (χ3v) is 3.60. The second-order valence-corrected chi connectivity index (χ2v) is 5.09. The molecule has 2 aromatic rings. The molecule has 0 fully saturated rings. The third-order valence-electron chi connectivity index (χ3n) is 3.25. The minimum atomic E-state index is 0.457. The fraction of sp³-hybridized carbons (Fsp3) is 0.250. The van der Waals surface area contributed by atoms with Gasteiger partial charge in [0.05, 0.1) is 7.11 Å². The van der Waals surface area contributed by atoms with Crippen molar-refractivity contribution in [2.24, 2.45) is 5.73 Å². The van der Waals surface area contributed by atoms with Crippen LogP contribution in [0.1, 0.15) is 11.1 Å². The van der Waals surface area contributed by atoms with E-state index in [1.807, 2.05) is 43.4 Å². The van der Waals surface area contributed by atoms with Crippen molar-refractivity contribution in [3.05, 3.63) is 58.6 Å². The van der Waals surface area contributed by atoms with E-state index in [1.54, 1.807) is 7.11 Å². The van der Waals surface area contributed by atoms with E-state index in [0.29, 0.717) is 11.6 Å². The quantitative estimate of drug-likeness (QED) is 0.917. The topological polar surface area (TPSA) is 38.5 Å². The van der Waals surface area contributed by atoms with Crippen LogP contribution < -0.4 is 15.4 Å². The number of hydrogen-bond acceptors (Lipinski definition) is 3. The summed E-state index contributed by atoms with van der Waals surface area (Å²) < 4.78 is 5.24. The van der Waals surface area contributed by atoms with Crippen molar-refractivity contribution in [3.8, 4) is 5.75 Å². The van der Waals surface area contributed by atoms with E-state index < -0.39 is 0 Å². The van der Waals surface area contributed by atoms with Gasteiger partial charge in [0.15, 0.2) is 0 Å². The molecular weight excluding hydrogens is 272 g/mol. The van der Waals surface area contributed by atoms with E-state index in [1.165, 1.54) is 5.56 Å². The minimum Gasteiger partial charge on any atom is -0.497 e. The Balaban J connectivity index is 2.14. The Morgan fingerprint density at radius 1 is 1.20 bits per heavy atom. The zero-order valence-corrected chi connectivity index (χ0v) is 12.5. The molecule has 0 radical (unpaired) electrons. The monoisotopic (exact) mass is 290 g/mol. The normalized spacial score (nSPS) is 10.4. The molecule has 0 bridgehead atoms. The van der Waals surface area contributed by atoms with Crippen molar-refractivity contribution >= 4 is 17.3 Å². The summed E-state index contributed by atoms with van der Waals surface area (Å²) in [7, 11) is 3.71. The second kappa shape index (κ2) is 6.64. The van der Waals surface area contributed by atoms with Gasteiger partial charge in [-0.05, 0) is 35.4 Å². The average Bonchev–Trinajstić information content (AvgIpc) is 2.47. The van der Waals surface area contributed by atoms with Gasteiger partial charge in [0, 0.05) is 30.8 Å². The van der Waals surface area contributed by atoms with Crippen molar-refractivity contribution in [1.82, 2.24) is 0 Å². The molecule has 3 nitrogen and oxygen atoms in total. The van der Waals surface area contributed by atoms with E-state index in [-0.39, 0.29) is 0 Å². The van der Waals surface area contributed by atoms with Gasteiger partial charge in [-0.15, -0.1) is 0 Å². The van der Waals surface area contributed by atoms with Gasteiger partial charge in [-0.2, -0.15) is 0 Å². The summed E-state index contributed by atoms with van der Waals surface area (Å²) >= 11 is 6.20. The Morgan fingerprint density at radius 2 is 2.00 bits per heavy atom. The first-order valence-corrected chi connectivity index (χ1v) is 6.84. The molecule has 20 heavy (non-hydrogen) atoms. The molecule has 0 aliphatic heterocycles. The van der Waals surface area contributed by atoms with Gasteiger partial charge in [-0.1, -0.05) is 29.8 Å². The van der Waals surface area contributed by atoms with Gasteiger partial charge in [0.1, 0.15) is 5.75 Å². The first-order valence-electron chi connectivity index (χ1n) is 6.46. The molecular formula is C16H19ClN2O. The van der Waals surface area contributed by atoms with Gasteiger partial charge >= 0.3 is 0 Å². The lowest BCUT2D eigenvalue weighted by Gasteiger charge is -2.20. The predicted molar refractivity (Wildman–Crippen MR) is 84.4 cm³/mol. The molecule has 0 aliphatic rings. The Kier molecular flexibility index (Phi) is 4.88. The standard InChI is InChI=1S/C16H19ClN2O/c1-19(11-12-4-3-5-15(8-12)20-2)14-7-6-13(10-18)16(17)9-14/h3-9H,10-11,18H2,1-2H3. The summed E-state index contributed by atoms with van der Waals surface area (Å²) in [5, 5.41) is 0.711. The van der Waals surface area contributed by atoms with Gasteiger partial charge in [-0.25, -0.2) is 0 Å². The lowest BCUT2D eigenvalue weighted by molar-refractivity contribution is 0.414. The van der Waals surface area contributed by atoms with Crippen LogP contribution in [0.5, 0.6) is 5.75 Å². The van der Waals surface area contributed by atoms with E-state index in [0.717, 1.165) is 23.5 Å². The maximum absolute atomic E-state index is 6.20.